The largest absolute Gasteiger partial charge is 0.486 e. The quantitative estimate of drug-likeness (QED) is 0.531. The zero-order chi connectivity index (χ0) is 24.9. The van der Waals surface area contributed by atoms with Crippen LogP contribution < -0.4 is 15.2 Å². The van der Waals surface area contributed by atoms with Crippen molar-refractivity contribution in [2.45, 2.75) is 25.3 Å². The maximum Gasteiger partial charge on any atom is 0.425 e. The van der Waals surface area contributed by atoms with Gasteiger partial charge in [0.15, 0.2) is 17.4 Å². The Labute approximate surface area is 196 Å². The summed E-state index contributed by atoms with van der Waals surface area (Å²) in [7, 11) is 0. The zero-order valence-electron chi connectivity index (χ0n) is 18.0. The lowest BCUT2D eigenvalue weighted by molar-refractivity contribution is -0.145. The maximum absolute atomic E-state index is 13.1. The predicted molar refractivity (Wildman–Crippen MR) is 113 cm³/mol. The van der Waals surface area contributed by atoms with Crippen molar-refractivity contribution in [3.63, 3.8) is 0 Å². The van der Waals surface area contributed by atoms with Crippen molar-refractivity contribution in [2.24, 2.45) is 0 Å². The first kappa shape index (κ1) is 25.6. The van der Waals surface area contributed by atoms with Gasteiger partial charge in [0.25, 0.3) is 11.5 Å². The number of aromatic amines is 1. The summed E-state index contributed by atoms with van der Waals surface area (Å²) >= 11 is 5.78. The molecule has 186 valence electrons. The van der Waals surface area contributed by atoms with E-state index in [1.807, 2.05) is 4.90 Å². The minimum Gasteiger partial charge on any atom is -0.486 e. The van der Waals surface area contributed by atoms with Crippen molar-refractivity contribution in [1.82, 2.24) is 25.1 Å². The molecule has 2 aromatic rings. The number of alkyl halides is 3. The van der Waals surface area contributed by atoms with Gasteiger partial charge in [-0.05, 0) is 6.92 Å². The topological polar surface area (TPSA) is 134 Å². The molecule has 3 heterocycles. The van der Waals surface area contributed by atoms with E-state index in [4.69, 9.17) is 21.1 Å². The molecule has 1 saturated heterocycles. The number of rotatable bonds is 8. The van der Waals surface area contributed by atoms with Crippen molar-refractivity contribution in [3.8, 4) is 5.75 Å². The average molecular weight is 507 g/mol. The van der Waals surface area contributed by atoms with E-state index in [2.05, 4.69) is 15.1 Å². The van der Waals surface area contributed by atoms with E-state index < -0.39 is 41.2 Å². The molecule has 2 N–H and O–H groups in total. The van der Waals surface area contributed by atoms with Gasteiger partial charge in [0.05, 0.1) is 36.8 Å². The van der Waals surface area contributed by atoms with Crippen LogP contribution in [-0.4, -0.2) is 87.7 Å². The van der Waals surface area contributed by atoms with Crippen LogP contribution in [0.1, 0.15) is 12.5 Å². The minimum absolute atomic E-state index is 0.240. The van der Waals surface area contributed by atoms with E-state index in [9.17, 15) is 27.9 Å². The van der Waals surface area contributed by atoms with Crippen LogP contribution in [-0.2, 0) is 15.7 Å². The molecule has 2 unspecified atom stereocenters. The molecule has 0 aromatic carbocycles. The molecule has 0 spiro atoms. The van der Waals surface area contributed by atoms with Gasteiger partial charge in [0.2, 0.25) is 5.95 Å². The van der Waals surface area contributed by atoms with E-state index in [1.165, 1.54) is 24.2 Å². The summed E-state index contributed by atoms with van der Waals surface area (Å²) in [5.41, 5.74) is -2.94. The number of H-pyrrole nitrogens is 1. The predicted octanol–water partition coefficient (Wildman–Crippen LogP) is 0.726. The molecule has 0 radical (unpaired) electrons. The van der Waals surface area contributed by atoms with Gasteiger partial charge in [-0.15, -0.1) is 0 Å². The highest BCUT2D eigenvalue weighted by Crippen LogP contribution is 2.33. The molecule has 15 heteroatoms. The van der Waals surface area contributed by atoms with E-state index in [1.54, 1.807) is 5.10 Å². The fourth-order valence-corrected chi connectivity index (χ4v) is 3.31. The molecule has 1 aliphatic rings. The van der Waals surface area contributed by atoms with Gasteiger partial charge in [0, 0.05) is 26.2 Å². The average Bonchev–Trinajstić information content (AvgIpc) is 2.78. The number of ether oxygens (including phenoxy) is 2. The Kier molecular flexibility index (Phi) is 8.28. The maximum atomic E-state index is 13.1. The molecule has 2 atom stereocenters. The Morgan fingerprint density at radius 2 is 1.85 bits per heavy atom. The number of hydrogen-bond donors (Lipinski definition) is 2. The molecule has 1 fully saturated rings. The number of halogens is 4. The van der Waals surface area contributed by atoms with Crippen molar-refractivity contribution in [1.29, 1.82) is 0 Å². The van der Waals surface area contributed by atoms with Crippen LogP contribution in [0.2, 0.25) is 5.02 Å². The fraction of sp³-hybridized carbons (Fsp3) is 0.526. The Bertz CT molecular complexity index is 1030. The standard InChI is InChI=1S/C19H22ClF3N6O5/c1-11(34-14-8-26-27-16(31)15(14)19(21,22)23)9-33-10-13(30)17(32)28-2-4-29(5-3-28)18-24-6-12(20)7-25-18/h6-8,11,13,30H,2-5,9-10H2,1H3,(H,27,31). The summed E-state index contributed by atoms with van der Waals surface area (Å²) in [6, 6.07) is 0. The second-order valence-electron chi connectivity index (χ2n) is 7.43. The molecule has 0 saturated carbocycles. The number of nitrogens with one attached hydrogen (secondary N) is 1. The van der Waals surface area contributed by atoms with Crippen molar-refractivity contribution >= 4 is 23.5 Å². The van der Waals surface area contributed by atoms with E-state index in [0.717, 1.165) is 6.20 Å². The monoisotopic (exact) mass is 506 g/mol. The lowest BCUT2D eigenvalue weighted by atomic mass is 10.2. The molecule has 1 amide bonds. The second-order valence-corrected chi connectivity index (χ2v) is 7.87. The number of hydrogen-bond acceptors (Lipinski definition) is 9. The van der Waals surface area contributed by atoms with Gasteiger partial charge < -0.3 is 24.4 Å². The molecule has 1 aliphatic heterocycles. The first-order valence-corrected chi connectivity index (χ1v) is 10.5. The Morgan fingerprint density at radius 3 is 2.47 bits per heavy atom. The van der Waals surface area contributed by atoms with Crippen LogP contribution in [0.15, 0.2) is 23.4 Å². The molecule has 0 aliphatic carbocycles. The van der Waals surface area contributed by atoms with Gasteiger partial charge in [-0.2, -0.15) is 18.3 Å². The van der Waals surface area contributed by atoms with Gasteiger partial charge in [0.1, 0.15) is 6.10 Å². The third-order valence-corrected chi connectivity index (χ3v) is 5.02. The molecular weight excluding hydrogens is 485 g/mol. The summed E-state index contributed by atoms with van der Waals surface area (Å²) in [4.78, 5) is 35.5. The van der Waals surface area contributed by atoms with Crippen LogP contribution in [0.3, 0.4) is 0 Å². The van der Waals surface area contributed by atoms with E-state index in [0.29, 0.717) is 37.1 Å². The molecule has 34 heavy (non-hydrogen) atoms. The first-order chi connectivity index (χ1) is 16.1. The third kappa shape index (κ3) is 6.55. The van der Waals surface area contributed by atoms with Gasteiger partial charge in [-0.3, -0.25) is 9.59 Å². The second kappa shape index (κ2) is 11.0. The SMILES string of the molecule is CC(COCC(O)C(=O)N1CCN(c2ncc(Cl)cn2)CC1)Oc1cn[nH]c(=O)c1C(F)(F)F. The molecular formula is C19H22ClF3N6O5. The number of anilines is 1. The number of aliphatic hydroxyl groups is 1. The summed E-state index contributed by atoms with van der Waals surface area (Å²) in [6.45, 7) is 2.36. The summed E-state index contributed by atoms with van der Waals surface area (Å²) in [5, 5.41) is 15.6. The number of aliphatic hydroxyl groups excluding tert-OH is 1. The Morgan fingerprint density at radius 1 is 1.21 bits per heavy atom. The summed E-state index contributed by atoms with van der Waals surface area (Å²) < 4.78 is 49.6. The molecule has 2 aromatic heterocycles. The smallest absolute Gasteiger partial charge is 0.425 e. The van der Waals surface area contributed by atoms with Crippen LogP contribution >= 0.6 is 11.6 Å². The van der Waals surface area contributed by atoms with Crippen molar-refractivity contribution < 1.29 is 32.5 Å². The Hall–Kier alpha value is -2.97. The molecule has 3 rings (SSSR count). The summed E-state index contributed by atoms with van der Waals surface area (Å²) in [5.74, 6) is -0.798. The lowest BCUT2D eigenvalue weighted by Gasteiger charge is -2.35. The normalized spacial score (nSPS) is 16.3. The van der Waals surface area contributed by atoms with Gasteiger partial charge >= 0.3 is 6.18 Å². The third-order valence-electron chi connectivity index (χ3n) is 4.83. The highest BCUT2D eigenvalue weighted by molar-refractivity contribution is 6.30. The summed E-state index contributed by atoms with van der Waals surface area (Å²) in [6.07, 6.45) is -3.62. The van der Waals surface area contributed by atoms with Crippen LogP contribution in [0.25, 0.3) is 0 Å². The number of piperazine rings is 1. The van der Waals surface area contributed by atoms with Gasteiger partial charge in [-0.25, -0.2) is 15.1 Å². The van der Waals surface area contributed by atoms with Crippen LogP contribution in [0.5, 0.6) is 5.75 Å². The first-order valence-electron chi connectivity index (χ1n) is 10.1. The fourth-order valence-electron chi connectivity index (χ4n) is 3.21. The minimum atomic E-state index is -4.93. The van der Waals surface area contributed by atoms with E-state index in [-0.39, 0.29) is 13.2 Å². The number of amides is 1. The van der Waals surface area contributed by atoms with Crippen LogP contribution in [0, 0.1) is 0 Å². The number of carbonyl (C=O) groups excluding carboxylic acids is 1. The molecule has 0 bridgehead atoms. The zero-order valence-corrected chi connectivity index (χ0v) is 18.7. The number of nitrogens with zero attached hydrogens (tertiary/aromatic N) is 5. The van der Waals surface area contributed by atoms with Crippen molar-refractivity contribution in [2.75, 3.05) is 44.3 Å². The van der Waals surface area contributed by atoms with Crippen molar-refractivity contribution in [3.05, 3.63) is 39.5 Å². The molecule has 11 nitrogen and oxygen atoms in total. The van der Waals surface area contributed by atoms with Gasteiger partial charge in [-0.1, -0.05) is 11.6 Å². The Balaban J connectivity index is 1.44. The number of carbonyl (C=O) groups is 1. The highest BCUT2D eigenvalue weighted by atomic mass is 35.5. The lowest BCUT2D eigenvalue weighted by Crippen LogP contribution is -2.52. The number of aromatic nitrogens is 4. The van der Waals surface area contributed by atoms with Crippen LogP contribution in [0.4, 0.5) is 19.1 Å². The van der Waals surface area contributed by atoms with E-state index >= 15 is 0 Å². The highest BCUT2D eigenvalue weighted by Gasteiger charge is 2.38.